The Labute approximate surface area is 177 Å². The van der Waals surface area contributed by atoms with E-state index in [1.807, 2.05) is 19.9 Å². The molecule has 0 unspecified atom stereocenters. The second-order valence-corrected chi connectivity index (χ2v) is 7.47. The molecule has 0 bridgehead atoms. The molecule has 1 amide bonds. The minimum atomic E-state index is 0. The molecule has 11 heteroatoms. The van der Waals surface area contributed by atoms with Crippen LogP contribution in [-0.4, -0.2) is 44.3 Å². The van der Waals surface area contributed by atoms with Gasteiger partial charge in [-0.15, -0.1) is 0 Å². The lowest BCUT2D eigenvalue weighted by Gasteiger charge is -2.30. The molecule has 0 saturated heterocycles. The highest BCUT2D eigenvalue weighted by Crippen LogP contribution is 2.29. The first-order valence-electron chi connectivity index (χ1n) is 9.79. The molecule has 3 rings (SSSR count). The smallest absolute Gasteiger partial charge is 0.223 e. The van der Waals surface area contributed by atoms with E-state index in [9.17, 15) is 4.79 Å². The number of carbonyl (C=O) groups excluding carboxylic acids is 1. The summed E-state index contributed by atoms with van der Waals surface area (Å²) in [6.07, 6.45) is 8.36. The van der Waals surface area contributed by atoms with Gasteiger partial charge in [-0.3, -0.25) is 4.79 Å². The van der Waals surface area contributed by atoms with E-state index in [2.05, 4.69) is 25.7 Å². The molecule has 0 spiro atoms. The van der Waals surface area contributed by atoms with Gasteiger partial charge in [0.2, 0.25) is 11.8 Å². The Bertz CT molecular complexity index is 759. The van der Waals surface area contributed by atoms with Crippen LogP contribution in [0.4, 0.5) is 11.4 Å². The maximum atomic E-state index is 12.2. The summed E-state index contributed by atoms with van der Waals surface area (Å²) in [6.45, 7) is 5.01. The lowest BCUT2D eigenvalue weighted by Crippen LogP contribution is -2.38. The van der Waals surface area contributed by atoms with Gasteiger partial charge in [0.25, 0.3) is 0 Å². The molecule has 0 radical (unpaired) electrons. The molecule has 1 aliphatic carbocycles. The highest BCUT2D eigenvalue weighted by atomic mass is 16.5. The average Bonchev–Trinajstić information content (AvgIpc) is 3.18. The van der Waals surface area contributed by atoms with E-state index in [0.29, 0.717) is 24.7 Å². The highest BCUT2D eigenvalue weighted by Gasteiger charge is 2.26. The van der Waals surface area contributed by atoms with E-state index >= 15 is 0 Å². The Morgan fingerprint density at radius 2 is 2.03 bits per heavy atom. The summed E-state index contributed by atoms with van der Waals surface area (Å²) in [7, 11) is 0. The van der Waals surface area contributed by atoms with Crippen molar-refractivity contribution in [2.75, 3.05) is 17.7 Å². The quantitative estimate of drug-likeness (QED) is 0.425. The number of rotatable bonds is 8. The van der Waals surface area contributed by atoms with Gasteiger partial charge in [0, 0.05) is 24.1 Å². The van der Waals surface area contributed by atoms with Crippen molar-refractivity contribution in [3.05, 3.63) is 24.9 Å². The van der Waals surface area contributed by atoms with E-state index in [0.717, 1.165) is 31.4 Å². The third-order valence-electron chi connectivity index (χ3n) is 4.84. The van der Waals surface area contributed by atoms with Crippen LogP contribution in [0.2, 0.25) is 0 Å². The Morgan fingerprint density at radius 1 is 1.30 bits per heavy atom. The van der Waals surface area contributed by atoms with Crippen molar-refractivity contribution < 1.29 is 9.53 Å². The molecule has 1 saturated carbocycles. The molecule has 1 fully saturated rings. The molecule has 30 heavy (non-hydrogen) atoms. The average molecular weight is 422 g/mol. The van der Waals surface area contributed by atoms with Crippen LogP contribution in [0.25, 0.3) is 0 Å². The van der Waals surface area contributed by atoms with E-state index in [1.54, 1.807) is 17.2 Å². The zero-order valence-electron chi connectivity index (χ0n) is 17.9. The SMILES string of the molecule is CC(C)NC(=O)C1CCC(Nc2cc(OCCn3cncn3)ncc2N)CC1.N.N. The number of amides is 1. The van der Waals surface area contributed by atoms with Crippen LogP contribution in [0.3, 0.4) is 0 Å². The number of nitrogens with zero attached hydrogens (tertiary/aromatic N) is 4. The number of nitrogen functional groups attached to an aromatic ring is 1. The second kappa shape index (κ2) is 11.9. The molecule has 2 heterocycles. The Hall–Kier alpha value is -2.92. The van der Waals surface area contributed by atoms with Crippen LogP contribution in [0.5, 0.6) is 5.88 Å². The number of carbonyl (C=O) groups is 1. The van der Waals surface area contributed by atoms with Gasteiger partial charge in [0.1, 0.15) is 19.3 Å². The topological polar surface area (TPSA) is 190 Å². The highest BCUT2D eigenvalue weighted by molar-refractivity contribution is 5.79. The number of hydrogen-bond donors (Lipinski definition) is 5. The van der Waals surface area contributed by atoms with E-state index < -0.39 is 0 Å². The molecule has 0 aliphatic heterocycles. The Balaban J connectivity index is 0.00000225. The van der Waals surface area contributed by atoms with Crippen LogP contribution in [0, 0.1) is 5.92 Å². The number of hydrogen-bond acceptors (Lipinski definition) is 9. The van der Waals surface area contributed by atoms with Crippen LogP contribution < -0.4 is 33.4 Å². The van der Waals surface area contributed by atoms with Crippen molar-refractivity contribution in [3.8, 4) is 5.88 Å². The van der Waals surface area contributed by atoms with Crippen LogP contribution in [0.15, 0.2) is 24.9 Å². The number of anilines is 2. The molecule has 2 aromatic heterocycles. The second-order valence-electron chi connectivity index (χ2n) is 7.47. The number of nitrogens with one attached hydrogen (secondary N) is 2. The van der Waals surface area contributed by atoms with Gasteiger partial charge in [-0.1, -0.05) is 0 Å². The predicted octanol–water partition coefficient (Wildman–Crippen LogP) is 2.15. The van der Waals surface area contributed by atoms with Gasteiger partial charge in [0.15, 0.2) is 0 Å². The van der Waals surface area contributed by atoms with E-state index in [-0.39, 0.29) is 36.2 Å². The maximum Gasteiger partial charge on any atom is 0.223 e. The zero-order chi connectivity index (χ0) is 19.9. The molecule has 2 aromatic rings. The molecule has 11 nitrogen and oxygen atoms in total. The molecule has 10 N–H and O–H groups in total. The lowest BCUT2D eigenvalue weighted by atomic mass is 9.85. The minimum absolute atomic E-state index is 0. The fourth-order valence-electron chi connectivity index (χ4n) is 3.36. The van der Waals surface area contributed by atoms with Crippen LogP contribution in [-0.2, 0) is 11.3 Å². The number of nitrogens with two attached hydrogens (primary N) is 1. The molecule has 168 valence electrons. The number of aromatic nitrogens is 4. The third kappa shape index (κ3) is 7.16. The number of pyridine rings is 1. The summed E-state index contributed by atoms with van der Waals surface area (Å²) in [5.74, 6) is 0.785. The van der Waals surface area contributed by atoms with Gasteiger partial charge in [-0.25, -0.2) is 14.6 Å². The first kappa shape index (κ1) is 25.1. The number of ether oxygens (including phenoxy) is 1. The van der Waals surface area contributed by atoms with Crippen molar-refractivity contribution in [3.63, 3.8) is 0 Å². The van der Waals surface area contributed by atoms with Crippen LogP contribution in [0.1, 0.15) is 39.5 Å². The molecule has 1 aliphatic rings. The summed E-state index contributed by atoms with van der Waals surface area (Å²) in [6, 6.07) is 2.30. The normalized spacial score (nSPS) is 18.1. The predicted molar refractivity (Wildman–Crippen MR) is 117 cm³/mol. The summed E-state index contributed by atoms with van der Waals surface area (Å²) in [4.78, 5) is 20.3. The fraction of sp³-hybridized carbons (Fsp3) is 0.579. The Kier molecular flexibility index (Phi) is 9.99. The van der Waals surface area contributed by atoms with Crippen molar-refractivity contribution in [1.29, 1.82) is 0 Å². The standard InChI is InChI=1S/C19H29N7O2.2H3N/c1-13(2)24-19(27)14-3-5-15(6-4-14)25-17-9-18(22-10-16(17)20)28-8-7-26-12-21-11-23-26;;/h9-15H,3-8,20H2,1-2H3,(H,22,25)(H,24,27);2*1H3. The first-order valence-corrected chi connectivity index (χ1v) is 9.79. The van der Waals surface area contributed by atoms with Crippen molar-refractivity contribution in [1.82, 2.24) is 37.4 Å². The van der Waals surface area contributed by atoms with Gasteiger partial charge in [-0.2, -0.15) is 5.10 Å². The first-order chi connectivity index (χ1) is 13.5. The minimum Gasteiger partial charge on any atom is -0.476 e. The maximum absolute atomic E-state index is 12.2. The largest absolute Gasteiger partial charge is 0.476 e. The summed E-state index contributed by atoms with van der Waals surface area (Å²) < 4.78 is 7.40. The lowest BCUT2D eigenvalue weighted by molar-refractivity contribution is -0.126. The van der Waals surface area contributed by atoms with Crippen molar-refractivity contribution >= 4 is 17.3 Å². The van der Waals surface area contributed by atoms with Crippen molar-refractivity contribution in [2.45, 2.75) is 58.2 Å². The van der Waals surface area contributed by atoms with E-state index in [1.165, 1.54) is 6.33 Å². The molecule has 0 aromatic carbocycles. The van der Waals surface area contributed by atoms with Crippen molar-refractivity contribution in [2.24, 2.45) is 5.92 Å². The summed E-state index contributed by atoms with van der Waals surface area (Å²) >= 11 is 0. The van der Waals surface area contributed by atoms with Gasteiger partial charge >= 0.3 is 0 Å². The van der Waals surface area contributed by atoms with Gasteiger partial charge in [-0.05, 0) is 39.5 Å². The fourth-order valence-corrected chi connectivity index (χ4v) is 3.36. The zero-order valence-corrected chi connectivity index (χ0v) is 17.9. The molecule has 0 atom stereocenters. The monoisotopic (exact) mass is 421 g/mol. The summed E-state index contributed by atoms with van der Waals surface area (Å²) in [5, 5.41) is 10.5. The van der Waals surface area contributed by atoms with Gasteiger partial charge < -0.3 is 33.4 Å². The summed E-state index contributed by atoms with van der Waals surface area (Å²) in [5.41, 5.74) is 7.48. The third-order valence-corrected chi connectivity index (χ3v) is 4.84. The molecular weight excluding hydrogens is 386 g/mol. The Morgan fingerprint density at radius 3 is 2.67 bits per heavy atom. The van der Waals surface area contributed by atoms with E-state index in [4.69, 9.17) is 10.5 Å². The van der Waals surface area contributed by atoms with Gasteiger partial charge in [0.05, 0.1) is 24.1 Å². The van der Waals surface area contributed by atoms with Crippen LogP contribution >= 0.6 is 0 Å². The molecular formula is C19H35N9O2.